The average Bonchev–Trinajstić information content (AvgIpc) is 2.62. The van der Waals surface area contributed by atoms with Crippen molar-refractivity contribution >= 4 is 15.8 Å². The molecule has 1 aromatic rings. The standard InChI is InChI=1S/C13H13F3O5S/c1-12(6-7-22(18,19)8-12)21-11(17)9-2-4-10(5-3-9)20-13(14,15)16/h2-5H,6-8H2,1H3/t12-/m1/s1. The Balaban J connectivity index is 2.05. The van der Waals surface area contributed by atoms with Gasteiger partial charge >= 0.3 is 12.3 Å². The van der Waals surface area contributed by atoms with Gasteiger partial charge in [-0.15, -0.1) is 13.2 Å². The van der Waals surface area contributed by atoms with Crippen molar-refractivity contribution in [2.75, 3.05) is 11.5 Å². The van der Waals surface area contributed by atoms with Crippen LogP contribution in [0.2, 0.25) is 0 Å². The number of carbonyl (C=O) groups is 1. The van der Waals surface area contributed by atoms with Crippen LogP contribution in [0.5, 0.6) is 5.75 Å². The predicted molar refractivity (Wildman–Crippen MR) is 70.2 cm³/mol. The van der Waals surface area contributed by atoms with E-state index < -0.39 is 33.5 Å². The number of rotatable bonds is 3. The van der Waals surface area contributed by atoms with Crippen LogP contribution in [0.25, 0.3) is 0 Å². The monoisotopic (exact) mass is 338 g/mol. The second kappa shape index (κ2) is 5.45. The Bertz CT molecular complexity index is 666. The molecular formula is C13H13F3O5S. The molecule has 0 amide bonds. The number of carbonyl (C=O) groups excluding carboxylic acids is 1. The summed E-state index contributed by atoms with van der Waals surface area (Å²) in [5, 5.41) is 0. The summed E-state index contributed by atoms with van der Waals surface area (Å²) in [4.78, 5) is 11.9. The molecule has 1 fully saturated rings. The maximum absolute atomic E-state index is 12.0. The first-order valence-corrected chi connectivity index (χ1v) is 8.10. The number of halogens is 3. The number of esters is 1. The summed E-state index contributed by atoms with van der Waals surface area (Å²) in [5.74, 6) is -1.58. The van der Waals surface area contributed by atoms with Crippen LogP contribution in [0.3, 0.4) is 0 Å². The Kier molecular flexibility index (Phi) is 4.12. The predicted octanol–water partition coefficient (Wildman–Crippen LogP) is 2.32. The Morgan fingerprint density at radius 2 is 1.82 bits per heavy atom. The van der Waals surface area contributed by atoms with Crippen LogP contribution in [0.15, 0.2) is 24.3 Å². The SMILES string of the molecule is C[C@@]1(OC(=O)c2ccc(OC(F)(F)F)cc2)CCS(=O)(=O)C1. The molecule has 1 aliphatic rings. The van der Waals surface area contributed by atoms with Crippen LogP contribution in [-0.4, -0.2) is 37.9 Å². The third-order valence-corrected chi connectivity index (χ3v) is 5.01. The topological polar surface area (TPSA) is 69.7 Å². The number of hydrogen-bond donors (Lipinski definition) is 0. The molecule has 0 N–H and O–H groups in total. The van der Waals surface area contributed by atoms with Crippen LogP contribution in [-0.2, 0) is 14.6 Å². The van der Waals surface area contributed by atoms with Gasteiger partial charge in [-0.05, 0) is 31.2 Å². The van der Waals surface area contributed by atoms with Gasteiger partial charge in [0.15, 0.2) is 9.84 Å². The Hall–Kier alpha value is -1.77. The van der Waals surface area contributed by atoms with Crippen molar-refractivity contribution in [3.8, 4) is 5.75 Å². The lowest BCUT2D eigenvalue weighted by atomic mass is 10.1. The van der Waals surface area contributed by atoms with E-state index in [-0.39, 0.29) is 23.5 Å². The highest BCUT2D eigenvalue weighted by molar-refractivity contribution is 7.91. The molecule has 122 valence electrons. The first kappa shape index (κ1) is 16.6. The van der Waals surface area contributed by atoms with Crippen molar-refractivity contribution in [2.45, 2.75) is 25.3 Å². The summed E-state index contributed by atoms with van der Waals surface area (Å²) >= 11 is 0. The van der Waals surface area contributed by atoms with Gasteiger partial charge in [-0.1, -0.05) is 0 Å². The van der Waals surface area contributed by atoms with E-state index in [9.17, 15) is 26.4 Å². The van der Waals surface area contributed by atoms with Crippen molar-refractivity contribution in [3.05, 3.63) is 29.8 Å². The number of alkyl halides is 3. The van der Waals surface area contributed by atoms with Crippen molar-refractivity contribution in [2.24, 2.45) is 0 Å². The zero-order valence-corrected chi connectivity index (χ0v) is 12.3. The van der Waals surface area contributed by atoms with E-state index in [4.69, 9.17) is 4.74 Å². The lowest BCUT2D eigenvalue weighted by Gasteiger charge is -2.22. The van der Waals surface area contributed by atoms with E-state index in [0.717, 1.165) is 24.3 Å². The van der Waals surface area contributed by atoms with Crippen LogP contribution >= 0.6 is 0 Å². The van der Waals surface area contributed by atoms with Crippen molar-refractivity contribution in [3.63, 3.8) is 0 Å². The first-order valence-electron chi connectivity index (χ1n) is 6.28. The average molecular weight is 338 g/mol. The second-order valence-electron chi connectivity index (χ2n) is 5.25. The zero-order chi connectivity index (χ0) is 16.6. The molecule has 0 aliphatic carbocycles. The number of hydrogen-bond acceptors (Lipinski definition) is 5. The lowest BCUT2D eigenvalue weighted by molar-refractivity contribution is -0.274. The van der Waals surface area contributed by atoms with Gasteiger partial charge in [0.1, 0.15) is 11.4 Å². The molecule has 5 nitrogen and oxygen atoms in total. The van der Waals surface area contributed by atoms with Gasteiger partial charge in [0.25, 0.3) is 0 Å². The minimum absolute atomic E-state index is 0.0139. The molecule has 1 saturated heterocycles. The summed E-state index contributed by atoms with van der Waals surface area (Å²) < 4.78 is 67.8. The summed E-state index contributed by atoms with van der Waals surface area (Å²) in [6.45, 7) is 1.51. The van der Waals surface area contributed by atoms with Crippen LogP contribution in [0, 0.1) is 0 Å². The second-order valence-corrected chi connectivity index (χ2v) is 7.44. The molecule has 9 heteroatoms. The van der Waals surface area contributed by atoms with E-state index >= 15 is 0 Å². The number of sulfone groups is 1. The molecule has 1 aliphatic heterocycles. The normalized spacial score (nSPS) is 24.0. The highest BCUT2D eigenvalue weighted by atomic mass is 32.2. The van der Waals surface area contributed by atoms with Crippen molar-refractivity contribution < 1.29 is 35.9 Å². The lowest BCUT2D eigenvalue weighted by Crippen LogP contribution is -2.32. The van der Waals surface area contributed by atoms with E-state index in [0.29, 0.717) is 0 Å². The van der Waals surface area contributed by atoms with Gasteiger partial charge in [-0.2, -0.15) is 0 Å². The highest BCUT2D eigenvalue weighted by Crippen LogP contribution is 2.28. The molecule has 0 unspecified atom stereocenters. The maximum Gasteiger partial charge on any atom is 0.573 e. The minimum Gasteiger partial charge on any atom is -0.455 e. The Labute approximate surface area is 124 Å². The van der Waals surface area contributed by atoms with Crippen molar-refractivity contribution in [1.82, 2.24) is 0 Å². The summed E-state index contributed by atoms with van der Waals surface area (Å²) in [6.07, 6.45) is -4.62. The summed E-state index contributed by atoms with van der Waals surface area (Å²) in [7, 11) is -3.23. The minimum atomic E-state index is -4.81. The molecule has 0 aromatic heterocycles. The fourth-order valence-electron chi connectivity index (χ4n) is 2.14. The van der Waals surface area contributed by atoms with E-state index in [1.165, 1.54) is 6.92 Å². The quantitative estimate of drug-likeness (QED) is 0.791. The summed E-state index contributed by atoms with van der Waals surface area (Å²) in [6, 6.07) is 4.21. The van der Waals surface area contributed by atoms with Gasteiger partial charge in [-0.3, -0.25) is 0 Å². The van der Waals surface area contributed by atoms with Gasteiger partial charge in [-0.25, -0.2) is 13.2 Å². The Morgan fingerprint density at radius 3 is 2.27 bits per heavy atom. The molecule has 0 saturated carbocycles. The van der Waals surface area contributed by atoms with Crippen LogP contribution in [0.1, 0.15) is 23.7 Å². The van der Waals surface area contributed by atoms with Crippen LogP contribution in [0.4, 0.5) is 13.2 Å². The zero-order valence-electron chi connectivity index (χ0n) is 11.5. The molecular weight excluding hydrogens is 325 g/mol. The van der Waals surface area contributed by atoms with E-state index in [2.05, 4.69) is 4.74 Å². The van der Waals surface area contributed by atoms with E-state index in [1.807, 2.05) is 0 Å². The molecule has 1 aromatic carbocycles. The molecule has 1 atom stereocenters. The van der Waals surface area contributed by atoms with Gasteiger partial charge in [0, 0.05) is 6.42 Å². The van der Waals surface area contributed by atoms with Gasteiger partial charge in [0.2, 0.25) is 0 Å². The molecule has 0 bridgehead atoms. The van der Waals surface area contributed by atoms with Crippen molar-refractivity contribution in [1.29, 1.82) is 0 Å². The summed E-state index contributed by atoms with van der Waals surface area (Å²) in [5.41, 5.74) is -1.10. The third kappa shape index (κ3) is 4.36. The van der Waals surface area contributed by atoms with Gasteiger partial charge < -0.3 is 9.47 Å². The molecule has 22 heavy (non-hydrogen) atoms. The highest BCUT2D eigenvalue weighted by Gasteiger charge is 2.41. The fourth-order valence-corrected chi connectivity index (χ4v) is 4.16. The van der Waals surface area contributed by atoms with Crippen LogP contribution < -0.4 is 4.74 Å². The smallest absolute Gasteiger partial charge is 0.455 e. The largest absolute Gasteiger partial charge is 0.573 e. The number of benzene rings is 1. The maximum atomic E-state index is 12.0. The first-order chi connectivity index (χ1) is 9.98. The third-order valence-electron chi connectivity index (χ3n) is 3.13. The molecule has 1 heterocycles. The molecule has 0 spiro atoms. The van der Waals surface area contributed by atoms with Gasteiger partial charge in [0.05, 0.1) is 17.1 Å². The molecule has 0 radical (unpaired) electrons. The fraction of sp³-hybridized carbons (Fsp3) is 0.462. The Morgan fingerprint density at radius 1 is 1.23 bits per heavy atom. The van der Waals surface area contributed by atoms with E-state index in [1.54, 1.807) is 0 Å². The number of ether oxygens (including phenoxy) is 2. The molecule has 2 rings (SSSR count).